The summed E-state index contributed by atoms with van der Waals surface area (Å²) in [7, 11) is 1.58. The first kappa shape index (κ1) is 16.3. The number of hydrazine groups is 1. The van der Waals surface area contributed by atoms with Crippen molar-refractivity contribution >= 4 is 39.5 Å². The number of nitrogens with zero attached hydrogens (tertiary/aromatic N) is 1. The summed E-state index contributed by atoms with van der Waals surface area (Å²) in [6.07, 6.45) is 1.57. The molecule has 2 aromatic carbocycles. The molecular formula is C18H15BrN2O3. The summed E-state index contributed by atoms with van der Waals surface area (Å²) >= 11 is 3.39. The Morgan fingerprint density at radius 1 is 1.12 bits per heavy atom. The second-order valence-electron chi connectivity index (χ2n) is 5.37. The van der Waals surface area contributed by atoms with E-state index < -0.39 is 5.91 Å². The van der Waals surface area contributed by atoms with Crippen LogP contribution in [0.15, 0.2) is 52.5 Å². The molecule has 24 heavy (non-hydrogen) atoms. The van der Waals surface area contributed by atoms with Gasteiger partial charge in [0.05, 0.1) is 17.3 Å². The summed E-state index contributed by atoms with van der Waals surface area (Å²) in [5.41, 5.74) is 5.11. The van der Waals surface area contributed by atoms with E-state index in [0.29, 0.717) is 11.4 Å². The van der Waals surface area contributed by atoms with Crippen LogP contribution in [0.1, 0.15) is 11.1 Å². The van der Waals surface area contributed by atoms with Gasteiger partial charge in [-0.05, 0) is 58.8 Å². The van der Waals surface area contributed by atoms with E-state index in [1.165, 1.54) is 5.01 Å². The van der Waals surface area contributed by atoms with Crippen molar-refractivity contribution < 1.29 is 14.3 Å². The number of benzene rings is 2. The Kier molecular flexibility index (Phi) is 4.40. The average molecular weight is 387 g/mol. The van der Waals surface area contributed by atoms with Crippen molar-refractivity contribution in [1.82, 2.24) is 5.43 Å². The Morgan fingerprint density at radius 3 is 2.46 bits per heavy atom. The highest BCUT2D eigenvalue weighted by Crippen LogP contribution is 2.27. The van der Waals surface area contributed by atoms with Crippen molar-refractivity contribution in [2.45, 2.75) is 6.92 Å². The molecule has 0 aromatic heterocycles. The van der Waals surface area contributed by atoms with Crippen molar-refractivity contribution in [2.75, 3.05) is 12.1 Å². The summed E-state index contributed by atoms with van der Waals surface area (Å²) in [6, 6.07) is 12.7. The van der Waals surface area contributed by atoms with Crippen LogP contribution in [0.3, 0.4) is 0 Å². The van der Waals surface area contributed by atoms with E-state index in [0.717, 1.165) is 15.6 Å². The van der Waals surface area contributed by atoms with Crippen LogP contribution in [0.25, 0.3) is 6.08 Å². The molecule has 0 aliphatic carbocycles. The van der Waals surface area contributed by atoms with Gasteiger partial charge in [-0.3, -0.25) is 15.0 Å². The standard InChI is InChI=1S/C18H15BrN2O3/c1-11-3-6-13(7-4-11)21-18(23)14(17(22)20-21)9-12-5-8-16(24-2)15(19)10-12/h3-10H,1-2H3,(H,20,22)/b14-9+. The van der Waals surface area contributed by atoms with Gasteiger partial charge < -0.3 is 4.74 Å². The second kappa shape index (κ2) is 6.49. The zero-order valence-electron chi connectivity index (χ0n) is 13.2. The van der Waals surface area contributed by atoms with Crippen LogP contribution < -0.4 is 15.2 Å². The maximum atomic E-state index is 12.6. The molecule has 0 radical (unpaired) electrons. The van der Waals surface area contributed by atoms with Crippen molar-refractivity contribution in [1.29, 1.82) is 0 Å². The summed E-state index contributed by atoms with van der Waals surface area (Å²) in [6.45, 7) is 1.96. The highest BCUT2D eigenvalue weighted by molar-refractivity contribution is 9.10. The fourth-order valence-electron chi connectivity index (χ4n) is 2.37. The maximum Gasteiger partial charge on any atom is 0.282 e. The predicted octanol–water partition coefficient (Wildman–Crippen LogP) is 3.23. The number of hydrogen-bond donors (Lipinski definition) is 1. The van der Waals surface area contributed by atoms with E-state index in [9.17, 15) is 9.59 Å². The SMILES string of the molecule is COc1ccc(/C=C2\C(=O)NN(c3ccc(C)cc3)C2=O)cc1Br. The number of ether oxygens (including phenoxy) is 1. The molecule has 0 atom stereocenters. The highest BCUT2D eigenvalue weighted by Gasteiger charge is 2.34. The third-order valence-electron chi connectivity index (χ3n) is 3.67. The summed E-state index contributed by atoms with van der Waals surface area (Å²) in [5, 5.41) is 1.26. The maximum absolute atomic E-state index is 12.6. The van der Waals surface area contributed by atoms with E-state index in [1.807, 2.05) is 19.1 Å². The largest absolute Gasteiger partial charge is 0.496 e. The first-order chi connectivity index (χ1) is 11.5. The van der Waals surface area contributed by atoms with Gasteiger partial charge in [0.15, 0.2) is 0 Å². The summed E-state index contributed by atoms with van der Waals surface area (Å²) < 4.78 is 5.93. The molecular weight excluding hydrogens is 372 g/mol. The Balaban J connectivity index is 1.91. The summed E-state index contributed by atoms with van der Waals surface area (Å²) in [5.74, 6) is -0.121. The van der Waals surface area contributed by atoms with E-state index in [2.05, 4.69) is 21.4 Å². The van der Waals surface area contributed by atoms with Gasteiger partial charge in [0.1, 0.15) is 11.3 Å². The molecule has 5 nitrogen and oxygen atoms in total. The Bertz CT molecular complexity index is 844. The van der Waals surface area contributed by atoms with Crippen LogP contribution in [-0.4, -0.2) is 18.9 Å². The minimum atomic E-state index is -0.424. The zero-order chi connectivity index (χ0) is 17.3. The first-order valence-electron chi connectivity index (χ1n) is 7.27. The number of anilines is 1. The molecule has 1 aliphatic heterocycles. The van der Waals surface area contributed by atoms with E-state index in [1.54, 1.807) is 43.5 Å². The third kappa shape index (κ3) is 3.05. The van der Waals surface area contributed by atoms with Crippen LogP contribution in [0.2, 0.25) is 0 Å². The minimum Gasteiger partial charge on any atom is -0.496 e. The third-order valence-corrected chi connectivity index (χ3v) is 4.29. The lowest BCUT2D eigenvalue weighted by Gasteiger charge is -2.14. The van der Waals surface area contributed by atoms with Crippen molar-refractivity contribution in [3.05, 3.63) is 63.6 Å². The average Bonchev–Trinajstić information content (AvgIpc) is 2.84. The van der Waals surface area contributed by atoms with Gasteiger partial charge in [0.2, 0.25) is 0 Å². The molecule has 0 saturated carbocycles. The molecule has 122 valence electrons. The van der Waals surface area contributed by atoms with Gasteiger partial charge in [0, 0.05) is 0 Å². The molecule has 3 rings (SSSR count). The smallest absolute Gasteiger partial charge is 0.282 e. The number of amides is 2. The van der Waals surface area contributed by atoms with Gasteiger partial charge in [-0.15, -0.1) is 0 Å². The molecule has 1 saturated heterocycles. The molecule has 0 bridgehead atoms. The van der Waals surface area contributed by atoms with Crippen molar-refractivity contribution in [3.8, 4) is 5.75 Å². The quantitative estimate of drug-likeness (QED) is 0.650. The number of hydrogen-bond acceptors (Lipinski definition) is 3. The number of carbonyl (C=O) groups is 2. The van der Waals surface area contributed by atoms with E-state index >= 15 is 0 Å². The Hall–Kier alpha value is -2.60. The monoisotopic (exact) mass is 386 g/mol. The normalized spacial score (nSPS) is 15.8. The first-order valence-corrected chi connectivity index (χ1v) is 8.06. The fraction of sp³-hybridized carbons (Fsp3) is 0.111. The number of halogens is 1. The van der Waals surface area contributed by atoms with Gasteiger partial charge >= 0.3 is 0 Å². The fourth-order valence-corrected chi connectivity index (χ4v) is 2.93. The topological polar surface area (TPSA) is 58.6 Å². The molecule has 1 aliphatic rings. The number of carbonyl (C=O) groups excluding carboxylic acids is 2. The Labute approximate surface area is 148 Å². The molecule has 6 heteroatoms. The van der Waals surface area contributed by atoms with Crippen LogP contribution in [0.5, 0.6) is 5.75 Å². The summed E-state index contributed by atoms with van der Waals surface area (Å²) in [4.78, 5) is 24.7. The lowest BCUT2D eigenvalue weighted by Crippen LogP contribution is -2.35. The molecule has 2 aromatic rings. The second-order valence-corrected chi connectivity index (χ2v) is 6.22. The molecule has 0 unspecified atom stereocenters. The van der Waals surface area contributed by atoms with Crippen molar-refractivity contribution in [2.24, 2.45) is 0 Å². The van der Waals surface area contributed by atoms with Gasteiger partial charge in [-0.2, -0.15) is 0 Å². The molecule has 1 N–H and O–H groups in total. The van der Waals surface area contributed by atoms with Crippen molar-refractivity contribution in [3.63, 3.8) is 0 Å². The molecule has 2 amide bonds. The molecule has 1 heterocycles. The van der Waals surface area contributed by atoms with Crippen LogP contribution in [0, 0.1) is 6.92 Å². The van der Waals surface area contributed by atoms with Crippen LogP contribution in [-0.2, 0) is 9.59 Å². The van der Waals surface area contributed by atoms with Gasteiger partial charge in [0.25, 0.3) is 11.8 Å². The lowest BCUT2D eigenvalue weighted by molar-refractivity contribution is -0.117. The molecule has 1 fully saturated rings. The van der Waals surface area contributed by atoms with E-state index in [-0.39, 0.29) is 11.5 Å². The highest BCUT2D eigenvalue weighted by atomic mass is 79.9. The van der Waals surface area contributed by atoms with Crippen LogP contribution >= 0.6 is 15.9 Å². The number of methoxy groups -OCH3 is 1. The van der Waals surface area contributed by atoms with Crippen LogP contribution in [0.4, 0.5) is 5.69 Å². The predicted molar refractivity (Wildman–Crippen MR) is 95.5 cm³/mol. The van der Waals surface area contributed by atoms with Gasteiger partial charge in [-0.25, -0.2) is 5.01 Å². The Morgan fingerprint density at radius 2 is 1.83 bits per heavy atom. The minimum absolute atomic E-state index is 0.0904. The zero-order valence-corrected chi connectivity index (χ0v) is 14.8. The van der Waals surface area contributed by atoms with E-state index in [4.69, 9.17) is 4.74 Å². The van der Waals surface area contributed by atoms with Gasteiger partial charge in [-0.1, -0.05) is 23.8 Å². The number of aryl methyl sites for hydroxylation is 1. The molecule has 0 spiro atoms. The number of rotatable bonds is 3. The number of nitrogens with one attached hydrogen (secondary N) is 1. The lowest BCUT2D eigenvalue weighted by atomic mass is 10.1.